The van der Waals surface area contributed by atoms with Crippen LogP contribution in [0.2, 0.25) is 0 Å². The van der Waals surface area contributed by atoms with Crippen molar-refractivity contribution in [3.63, 3.8) is 0 Å². The molecule has 0 aliphatic heterocycles. The average Bonchev–Trinajstić information content (AvgIpc) is 2.66. The van der Waals surface area contributed by atoms with Crippen molar-refractivity contribution in [3.05, 3.63) is 24.2 Å². The Morgan fingerprint density at radius 2 is 2.38 bits per heavy atom. The molecule has 5 heteroatoms. The first-order valence-electron chi connectivity index (χ1n) is 5.25. The number of nitrogens with zero attached hydrogens (tertiary/aromatic N) is 3. The fourth-order valence-electron chi connectivity index (χ4n) is 1.41. The third kappa shape index (κ3) is 2.36. The smallest absolute Gasteiger partial charge is 0.122 e. The normalized spacial score (nSPS) is 13.2. The summed E-state index contributed by atoms with van der Waals surface area (Å²) in [6.45, 7) is 4.21. The number of rotatable bonds is 4. The van der Waals surface area contributed by atoms with Crippen molar-refractivity contribution in [1.29, 1.82) is 0 Å². The molecule has 2 heterocycles. The number of hydrogen-bond donors (Lipinski definition) is 1. The zero-order valence-electron chi connectivity index (χ0n) is 9.42. The van der Waals surface area contributed by atoms with Gasteiger partial charge in [0, 0.05) is 24.8 Å². The Morgan fingerprint density at radius 3 is 3.12 bits per heavy atom. The van der Waals surface area contributed by atoms with Gasteiger partial charge in [0.05, 0.1) is 11.2 Å². The predicted octanol–water partition coefficient (Wildman–Crippen LogP) is 1.76. The lowest BCUT2D eigenvalue weighted by Crippen LogP contribution is -2.03. The van der Waals surface area contributed by atoms with Crippen LogP contribution >= 0.6 is 11.8 Å². The minimum absolute atomic E-state index is 0.217. The topological polar surface area (TPSA) is 50.4 Å². The molecule has 2 aromatic rings. The molecule has 2 aromatic heterocycles. The van der Waals surface area contributed by atoms with Crippen LogP contribution in [0, 0.1) is 12.8 Å². The lowest BCUT2D eigenvalue weighted by atomic mass is 10.2. The number of aryl methyl sites for hydroxylation is 1. The maximum Gasteiger partial charge on any atom is 0.122 e. The molecule has 1 atom stereocenters. The Morgan fingerprint density at radius 1 is 1.56 bits per heavy atom. The van der Waals surface area contributed by atoms with Gasteiger partial charge in [-0.05, 0) is 18.9 Å². The number of fused-ring (bicyclic) bond motifs is 1. The summed E-state index contributed by atoms with van der Waals surface area (Å²) in [7, 11) is 0. The van der Waals surface area contributed by atoms with Crippen molar-refractivity contribution >= 4 is 17.3 Å². The van der Waals surface area contributed by atoms with Gasteiger partial charge in [-0.1, -0.05) is 6.92 Å². The second kappa shape index (κ2) is 4.84. The minimum Gasteiger partial charge on any atom is -0.396 e. The highest BCUT2D eigenvalue weighted by Crippen LogP contribution is 2.23. The third-order valence-corrected chi connectivity index (χ3v) is 3.62. The van der Waals surface area contributed by atoms with Gasteiger partial charge in [-0.3, -0.25) is 0 Å². The molecule has 16 heavy (non-hydrogen) atoms. The summed E-state index contributed by atoms with van der Waals surface area (Å²) in [5, 5.41) is 14.3. The van der Waals surface area contributed by atoms with Gasteiger partial charge in [0.25, 0.3) is 0 Å². The maximum atomic E-state index is 8.98. The molecule has 0 amide bonds. The predicted molar refractivity (Wildman–Crippen MR) is 64.7 cm³/mol. The summed E-state index contributed by atoms with van der Waals surface area (Å²) in [4.78, 5) is 4.35. The highest BCUT2D eigenvalue weighted by Gasteiger charge is 2.07. The number of hydrogen-bond acceptors (Lipinski definition) is 4. The Bertz CT molecular complexity index is 483. The zero-order valence-corrected chi connectivity index (χ0v) is 10.2. The standard InChI is InChI=1S/C11H15N3OS/c1-8(6-15)7-16-11-10-5-9(2)13-14(10)4-3-12-11/h3-5,8,15H,6-7H2,1-2H3. The third-order valence-electron chi connectivity index (χ3n) is 2.29. The second-order valence-corrected chi connectivity index (χ2v) is 4.96. The molecule has 0 spiro atoms. The molecular formula is C11H15N3OS. The van der Waals surface area contributed by atoms with Crippen molar-refractivity contribution in [1.82, 2.24) is 14.6 Å². The van der Waals surface area contributed by atoms with Gasteiger partial charge in [0.15, 0.2) is 0 Å². The molecule has 0 aromatic carbocycles. The Labute approximate surface area is 98.7 Å². The zero-order chi connectivity index (χ0) is 11.5. The van der Waals surface area contributed by atoms with E-state index in [9.17, 15) is 0 Å². The fourth-order valence-corrected chi connectivity index (χ4v) is 2.39. The fraction of sp³-hybridized carbons (Fsp3) is 0.455. The van der Waals surface area contributed by atoms with Gasteiger partial charge in [-0.2, -0.15) is 5.10 Å². The molecule has 1 unspecified atom stereocenters. The monoisotopic (exact) mass is 237 g/mol. The summed E-state index contributed by atoms with van der Waals surface area (Å²) >= 11 is 1.66. The SMILES string of the molecule is Cc1cc2c(SCC(C)CO)nccn2n1. The van der Waals surface area contributed by atoms with Crippen molar-refractivity contribution in [2.45, 2.75) is 18.9 Å². The first-order valence-corrected chi connectivity index (χ1v) is 6.24. The highest BCUT2D eigenvalue weighted by atomic mass is 32.2. The van der Waals surface area contributed by atoms with E-state index in [0.29, 0.717) is 0 Å². The summed E-state index contributed by atoms with van der Waals surface area (Å²) < 4.78 is 1.84. The number of aromatic nitrogens is 3. The van der Waals surface area contributed by atoms with Crippen LogP contribution in [0.25, 0.3) is 5.52 Å². The Balaban J connectivity index is 2.23. The van der Waals surface area contributed by atoms with Crippen LogP contribution < -0.4 is 0 Å². The Kier molecular flexibility index (Phi) is 3.46. The van der Waals surface area contributed by atoms with Crippen LogP contribution in [0.15, 0.2) is 23.5 Å². The summed E-state index contributed by atoms with van der Waals surface area (Å²) in [5.41, 5.74) is 2.03. The molecule has 86 valence electrons. The van der Waals surface area contributed by atoms with Crippen LogP contribution in [0.3, 0.4) is 0 Å². The summed E-state index contributed by atoms with van der Waals surface area (Å²) in [6, 6.07) is 2.03. The van der Waals surface area contributed by atoms with E-state index in [1.807, 2.05) is 30.6 Å². The molecule has 0 fully saturated rings. The molecule has 2 rings (SSSR count). The van der Waals surface area contributed by atoms with E-state index in [4.69, 9.17) is 5.11 Å². The second-order valence-electron chi connectivity index (χ2n) is 3.95. The first-order chi connectivity index (χ1) is 7.70. The Hall–Kier alpha value is -1.07. The van der Waals surface area contributed by atoms with E-state index in [-0.39, 0.29) is 12.5 Å². The number of aliphatic hydroxyl groups is 1. The van der Waals surface area contributed by atoms with Crippen molar-refractivity contribution in [3.8, 4) is 0 Å². The van der Waals surface area contributed by atoms with Crippen LogP contribution in [0.4, 0.5) is 0 Å². The molecule has 0 saturated heterocycles. The average molecular weight is 237 g/mol. The van der Waals surface area contributed by atoms with Gasteiger partial charge in [-0.15, -0.1) is 11.8 Å². The van der Waals surface area contributed by atoms with E-state index >= 15 is 0 Å². The molecule has 4 nitrogen and oxygen atoms in total. The van der Waals surface area contributed by atoms with Gasteiger partial charge in [0.2, 0.25) is 0 Å². The molecule has 0 radical (unpaired) electrons. The van der Waals surface area contributed by atoms with E-state index in [0.717, 1.165) is 22.0 Å². The van der Waals surface area contributed by atoms with Crippen molar-refractivity contribution in [2.24, 2.45) is 5.92 Å². The molecule has 0 bridgehead atoms. The number of thioether (sulfide) groups is 1. The summed E-state index contributed by atoms with van der Waals surface area (Å²) in [6.07, 6.45) is 3.60. The number of aliphatic hydroxyl groups excluding tert-OH is 1. The van der Waals surface area contributed by atoms with E-state index in [1.165, 1.54) is 0 Å². The lowest BCUT2D eigenvalue weighted by molar-refractivity contribution is 0.250. The molecule has 0 aliphatic carbocycles. The largest absolute Gasteiger partial charge is 0.396 e. The maximum absolute atomic E-state index is 8.98. The van der Waals surface area contributed by atoms with E-state index < -0.39 is 0 Å². The van der Waals surface area contributed by atoms with Gasteiger partial charge < -0.3 is 5.11 Å². The van der Waals surface area contributed by atoms with Crippen LogP contribution in [0.5, 0.6) is 0 Å². The van der Waals surface area contributed by atoms with Crippen LogP contribution in [-0.2, 0) is 0 Å². The molecule has 0 saturated carbocycles. The van der Waals surface area contributed by atoms with Crippen LogP contribution in [0.1, 0.15) is 12.6 Å². The van der Waals surface area contributed by atoms with Crippen molar-refractivity contribution < 1.29 is 5.11 Å². The van der Waals surface area contributed by atoms with Crippen molar-refractivity contribution in [2.75, 3.05) is 12.4 Å². The van der Waals surface area contributed by atoms with Gasteiger partial charge in [0.1, 0.15) is 5.03 Å². The highest BCUT2D eigenvalue weighted by molar-refractivity contribution is 7.99. The van der Waals surface area contributed by atoms with Gasteiger partial charge >= 0.3 is 0 Å². The van der Waals surface area contributed by atoms with E-state index in [1.54, 1.807) is 18.0 Å². The lowest BCUT2D eigenvalue weighted by Gasteiger charge is -2.06. The molecule has 0 aliphatic rings. The van der Waals surface area contributed by atoms with Gasteiger partial charge in [-0.25, -0.2) is 9.50 Å². The first kappa shape index (κ1) is 11.4. The minimum atomic E-state index is 0.217. The quantitative estimate of drug-likeness (QED) is 0.823. The summed E-state index contributed by atoms with van der Waals surface area (Å²) in [5.74, 6) is 1.16. The van der Waals surface area contributed by atoms with E-state index in [2.05, 4.69) is 10.1 Å². The molecule has 1 N–H and O–H groups in total. The molecular weight excluding hydrogens is 222 g/mol. The van der Waals surface area contributed by atoms with Crippen LogP contribution in [-0.4, -0.2) is 32.1 Å².